The number of nitrogens with two attached hydrogens (primary N) is 1. The van der Waals surface area contributed by atoms with Crippen LogP contribution >= 0.6 is 11.8 Å². The molecule has 0 aliphatic carbocycles. The predicted octanol–water partition coefficient (Wildman–Crippen LogP) is 3.47. The van der Waals surface area contributed by atoms with Crippen molar-refractivity contribution in [1.82, 2.24) is 5.43 Å². The van der Waals surface area contributed by atoms with Gasteiger partial charge in [-0.15, -0.1) is 11.8 Å². The van der Waals surface area contributed by atoms with E-state index in [9.17, 15) is 0 Å². The predicted molar refractivity (Wildman–Crippen MR) is 87.9 cm³/mol. The Kier molecular flexibility index (Phi) is 5.65. The van der Waals surface area contributed by atoms with Crippen LogP contribution in [0.25, 0.3) is 0 Å². The summed E-state index contributed by atoms with van der Waals surface area (Å²) in [5, 5.41) is 0. The highest BCUT2D eigenvalue weighted by Gasteiger charge is 2.08. The fourth-order valence-corrected chi connectivity index (χ4v) is 3.24. The van der Waals surface area contributed by atoms with E-state index in [1.807, 2.05) is 11.8 Å². The van der Waals surface area contributed by atoms with E-state index in [0.717, 1.165) is 12.2 Å². The Morgan fingerprint density at radius 1 is 1.05 bits per heavy atom. The zero-order valence-corrected chi connectivity index (χ0v) is 12.9. The Morgan fingerprint density at radius 2 is 1.75 bits per heavy atom. The van der Waals surface area contributed by atoms with Gasteiger partial charge in [-0.25, -0.2) is 0 Å². The van der Waals surface area contributed by atoms with Gasteiger partial charge in [0, 0.05) is 16.7 Å². The first kappa shape index (κ1) is 15.1. The summed E-state index contributed by atoms with van der Waals surface area (Å²) in [6.45, 7) is 4.24. The van der Waals surface area contributed by atoms with Crippen LogP contribution in [0.3, 0.4) is 0 Å². The normalized spacial score (nSPS) is 12.3. The molecule has 0 heterocycles. The first-order valence-electron chi connectivity index (χ1n) is 6.88. The van der Waals surface area contributed by atoms with Crippen LogP contribution in [0.2, 0.25) is 0 Å². The molecule has 2 aromatic carbocycles. The van der Waals surface area contributed by atoms with Crippen molar-refractivity contribution in [2.75, 3.05) is 5.75 Å². The summed E-state index contributed by atoms with van der Waals surface area (Å²) in [6, 6.07) is 17.5. The monoisotopic (exact) mass is 286 g/mol. The van der Waals surface area contributed by atoms with Crippen molar-refractivity contribution in [1.29, 1.82) is 0 Å². The van der Waals surface area contributed by atoms with Crippen molar-refractivity contribution >= 4 is 11.8 Å². The summed E-state index contributed by atoms with van der Waals surface area (Å²) in [4.78, 5) is 1.30. The van der Waals surface area contributed by atoms with Gasteiger partial charge in [-0.2, -0.15) is 0 Å². The van der Waals surface area contributed by atoms with Gasteiger partial charge in [-0.3, -0.25) is 11.3 Å². The fraction of sp³-hybridized carbons (Fsp3) is 0.294. The first-order valence-corrected chi connectivity index (χ1v) is 7.87. The Balaban J connectivity index is 1.92. The molecule has 0 radical (unpaired) electrons. The molecule has 0 fully saturated rings. The van der Waals surface area contributed by atoms with Crippen molar-refractivity contribution in [3.8, 4) is 0 Å². The maximum atomic E-state index is 5.69. The van der Waals surface area contributed by atoms with E-state index in [4.69, 9.17) is 5.84 Å². The van der Waals surface area contributed by atoms with E-state index in [0.29, 0.717) is 0 Å². The summed E-state index contributed by atoms with van der Waals surface area (Å²) in [7, 11) is 0. The molecule has 0 aromatic heterocycles. The van der Waals surface area contributed by atoms with Gasteiger partial charge in [0.1, 0.15) is 0 Å². The lowest BCUT2D eigenvalue weighted by Gasteiger charge is -2.16. The van der Waals surface area contributed by atoms with Crippen LogP contribution in [0.5, 0.6) is 0 Å². The maximum absolute atomic E-state index is 5.69. The SMILES string of the molecule is Cc1cccc(CC(CSc2cccc(C)c2)NN)c1. The van der Waals surface area contributed by atoms with Crippen molar-refractivity contribution in [2.24, 2.45) is 5.84 Å². The molecule has 2 rings (SSSR count). The highest BCUT2D eigenvalue weighted by Crippen LogP contribution is 2.20. The molecule has 0 aliphatic rings. The lowest BCUT2D eigenvalue weighted by atomic mass is 10.1. The van der Waals surface area contributed by atoms with E-state index >= 15 is 0 Å². The first-order chi connectivity index (χ1) is 9.67. The number of aryl methyl sites for hydroxylation is 2. The average molecular weight is 286 g/mol. The fourth-order valence-electron chi connectivity index (χ4n) is 2.19. The number of hydrazine groups is 1. The van der Waals surface area contributed by atoms with Gasteiger partial charge in [0.15, 0.2) is 0 Å². The van der Waals surface area contributed by atoms with E-state index in [1.165, 1.54) is 21.6 Å². The Morgan fingerprint density at radius 3 is 2.40 bits per heavy atom. The van der Waals surface area contributed by atoms with Crippen molar-refractivity contribution in [2.45, 2.75) is 31.2 Å². The summed E-state index contributed by atoms with van der Waals surface area (Å²) in [6.07, 6.45) is 0.955. The van der Waals surface area contributed by atoms with Gasteiger partial charge in [0.25, 0.3) is 0 Å². The van der Waals surface area contributed by atoms with Crippen LogP contribution in [-0.4, -0.2) is 11.8 Å². The number of hydrogen-bond donors (Lipinski definition) is 2. The van der Waals surface area contributed by atoms with Crippen molar-refractivity contribution < 1.29 is 0 Å². The van der Waals surface area contributed by atoms with Gasteiger partial charge in [0.2, 0.25) is 0 Å². The average Bonchev–Trinajstić information content (AvgIpc) is 2.43. The Hall–Kier alpha value is -1.29. The second kappa shape index (κ2) is 7.48. The number of hydrogen-bond acceptors (Lipinski definition) is 3. The molecule has 0 amide bonds. The third-order valence-electron chi connectivity index (χ3n) is 3.24. The smallest absolute Gasteiger partial charge is 0.0344 e. The van der Waals surface area contributed by atoms with Crippen LogP contribution in [-0.2, 0) is 6.42 Å². The van der Waals surface area contributed by atoms with Gasteiger partial charge < -0.3 is 0 Å². The molecule has 1 unspecified atom stereocenters. The van der Waals surface area contributed by atoms with Crippen LogP contribution in [0, 0.1) is 13.8 Å². The minimum atomic E-state index is 0.280. The lowest BCUT2D eigenvalue weighted by molar-refractivity contribution is 0.575. The van der Waals surface area contributed by atoms with Crippen molar-refractivity contribution in [3.05, 3.63) is 65.2 Å². The summed E-state index contributed by atoms with van der Waals surface area (Å²) >= 11 is 1.85. The molecule has 3 heteroatoms. The number of rotatable bonds is 6. The van der Waals surface area contributed by atoms with E-state index in [2.05, 4.69) is 67.8 Å². The molecule has 2 nitrogen and oxygen atoms in total. The van der Waals surface area contributed by atoms with E-state index in [1.54, 1.807) is 0 Å². The largest absolute Gasteiger partial charge is 0.271 e. The van der Waals surface area contributed by atoms with Crippen LogP contribution in [0.15, 0.2) is 53.4 Å². The standard InChI is InChI=1S/C17H22N2S/c1-13-5-3-7-15(9-13)11-16(19-18)12-20-17-8-4-6-14(2)10-17/h3-10,16,19H,11-12,18H2,1-2H3. The Labute approximate surface area is 125 Å². The number of nitrogens with one attached hydrogen (secondary N) is 1. The molecule has 0 aliphatic heterocycles. The van der Waals surface area contributed by atoms with E-state index in [-0.39, 0.29) is 6.04 Å². The van der Waals surface area contributed by atoms with E-state index < -0.39 is 0 Å². The quantitative estimate of drug-likeness (QED) is 0.485. The third-order valence-corrected chi connectivity index (χ3v) is 4.40. The topological polar surface area (TPSA) is 38.0 Å². The zero-order valence-electron chi connectivity index (χ0n) is 12.1. The molecule has 20 heavy (non-hydrogen) atoms. The number of benzene rings is 2. The highest BCUT2D eigenvalue weighted by molar-refractivity contribution is 7.99. The van der Waals surface area contributed by atoms with Crippen LogP contribution < -0.4 is 11.3 Å². The van der Waals surface area contributed by atoms with Crippen LogP contribution in [0.1, 0.15) is 16.7 Å². The molecule has 0 spiro atoms. The minimum Gasteiger partial charge on any atom is -0.271 e. The van der Waals surface area contributed by atoms with Gasteiger partial charge in [-0.1, -0.05) is 47.5 Å². The van der Waals surface area contributed by atoms with Gasteiger partial charge >= 0.3 is 0 Å². The third kappa shape index (κ3) is 4.67. The molecule has 3 N–H and O–H groups in total. The summed E-state index contributed by atoms with van der Waals surface area (Å²) < 4.78 is 0. The highest BCUT2D eigenvalue weighted by atomic mass is 32.2. The summed E-state index contributed by atoms with van der Waals surface area (Å²) in [5.74, 6) is 6.66. The Bertz CT molecular complexity index is 554. The second-order valence-electron chi connectivity index (χ2n) is 5.18. The summed E-state index contributed by atoms with van der Waals surface area (Å²) in [5.41, 5.74) is 6.86. The molecule has 0 saturated heterocycles. The molecular formula is C17H22N2S. The molecular weight excluding hydrogens is 264 g/mol. The molecule has 1 atom stereocenters. The van der Waals surface area contributed by atoms with Crippen molar-refractivity contribution in [3.63, 3.8) is 0 Å². The molecule has 2 aromatic rings. The zero-order chi connectivity index (χ0) is 14.4. The van der Waals surface area contributed by atoms with Crippen LogP contribution in [0.4, 0.5) is 0 Å². The molecule has 106 valence electrons. The molecule has 0 saturated carbocycles. The van der Waals surface area contributed by atoms with Gasteiger partial charge in [-0.05, 0) is 38.0 Å². The second-order valence-corrected chi connectivity index (χ2v) is 6.28. The maximum Gasteiger partial charge on any atom is 0.0344 e. The number of thioether (sulfide) groups is 1. The molecule has 0 bridgehead atoms. The lowest BCUT2D eigenvalue weighted by Crippen LogP contribution is -2.38. The van der Waals surface area contributed by atoms with Gasteiger partial charge in [0.05, 0.1) is 0 Å². The minimum absolute atomic E-state index is 0.280.